The molecule has 0 radical (unpaired) electrons. The van der Waals surface area contributed by atoms with Gasteiger partial charge in [0, 0.05) is 10.8 Å². The van der Waals surface area contributed by atoms with Gasteiger partial charge in [0.2, 0.25) is 5.89 Å². The van der Waals surface area contributed by atoms with Crippen molar-refractivity contribution in [2.75, 3.05) is 0 Å². The lowest BCUT2D eigenvalue weighted by atomic mass is 10.0. The number of hydrogen-bond donors (Lipinski definition) is 5. The van der Waals surface area contributed by atoms with Crippen LogP contribution in [-0.2, 0) is 11.2 Å². The number of nitrogens with zero attached hydrogens (tertiary/aromatic N) is 2. The number of H-pyrrole nitrogens is 1. The zero-order valence-corrected chi connectivity index (χ0v) is 14.1. The summed E-state index contributed by atoms with van der Waals surface area (Å²) >= 11 is 0. The van der Waals surface area contributed by atoms with Gasteiger partial charge in [-0.1, -0.05) is 0 Å². The maximum atomic E-state index is 11.8. The van der Waals surface area contributed by atoms with Gasteiger partial charge in [-0.3, -0.25) is 4.79 Å². The maximum absolute atomic E-state index is 11.8. The van der Waals surface area contributed by atoms with Gasteiger partial charge in [-0.2, -0.15) is 0 Å². The summed E-state index contributed by atoms with van der Waals surface area (Å²) < 4.78 is 5.45. The number of benzene rings is 1. The van der Waals surface area contributed by atoms with Crippen LogP contribution in [0.25, 0.3) is 32.9 Å². The SMILES string of the molecule is O=C(O)Cc1nc2c3[nH]c(C(=O)O)cc(C(=O)O)c3c3nc(C(=O)O)cc3c2o1. The van der Waals surface area contributed by atoms with Crippen LogP contribution in [0.1, 0.15) is 37.2 Å². The van der Waals surface area contributed by atoms with Crippen molar-refractivity contribution < 1.29 is 44.0 Å². The highest BCUT2D eigenvalue weighted by Crippen LogP contribution is 2.37. The second kappa shape index (κ2) is 6.02. The van der Waals surface area contributed by atoms with Crippen LogP contribution in [0.4, 0.5) is 0 Å². The maximum Gasteiger partial charge on any atom is 0.354 e. The third-order valence-corrected chi connectivity index (χ3v) is 4.21. The molecule has 0 amide bonds. The molecule has 0 bridgehead atoms. The van der Waals surface area contributed by atoms with Crippen LogP contribution in [0, 0.1) is 0 Å². The number of carboxylic acid groups (broad SMARTS) is 4. The Labute approximate surface area is 158 Å². The summed E-state index contributed by atoms with van der Waals surface area (Å²) in [7, 11) is 0. The van der Waals surface area contributed by atoms with E-state index < -0.39 is 47.2 Å². The number of rotatable bonds is 5. The normalized spacial score (nSPS) is 11.3. The van der Waals surface area contributed by atoms with Gasteiger partial charge >= 0.3 is 23.9 Å². The third kappa shape index (κ3) is 2.70. The van der Waals surface area contributed by atoms with E-state index in [0.717, 1.165) is 12.1 Å². The molecule has 5 N–H and O–H groups in total. The Hall–Kier alpha value is -4.48. The van der Waals surface area contributed by atoms with Crippen LogP contribution < -0.4 is 0 Å². The molecule has 0 spiro atoms. The van der Waals surface area contributed by atoms with Crippen molar-refractivity contribution in [2.24, 2.45) is 0 Å². The van der Waals surface area contributed by atoms with Gasteiger partial charge in [-0.05, 0) is 12.1 Å². The number of fused-ring (bicyclic) bond motifs is 6. The summed E-state index contributed by atoms with van der Waals surface area (Å²) in [4.78, 5) is 56.1. The lowest BCUT2D eigenvalue weighted by molar-refractivity contribution is -0.136. The smallest absolute Gasteiger partial charge is 0.354 e. The first-order valence-electron chi connectivity index (χ1n) is 7.88. The first-order chi connectivity index (χ1) is 13.7. The number of oxazole rings is 1. The fourth-order valence-corrected chi connectivity index (χ4v) is 3.10. The van der Waals surface area contributed by atoms with Crippen molar-refractivity contribution in [3.63, 3.8) is 0 Å². The molecule has 0 aliphatic heterocycles. The Morgan fingerprint density at radius 1 is 0.931 bits per heavy atom. The Balaban J connectivity index is 2.27. The summed E-state index contributed by atoms with van der Waals surface area (Å²) in [6.07, 6.45) is -0.595. The van der Waals surface area contributed by atoms with E-state index >= 15 is 0 Å². The number of aromatic carboxylic acids is 3. The van der Waals surface area contributed by atoms with Gasteiger partial charge in [0.25, 0.3) is 0 Å². The van der Waals surface area contributed by atoms with Gasteiger partial charge in [-0.25, -0.2) is 24.4 Å². The van der Waals surface area contributed by atoms with Crippen molar-refractivity contribution in [1.29, 1.82) is 0 Å². The molecule has 3 heterocycles. The molecule has 1 aromatic carbocycles. The van der Waals surface area contributed by atoms with E-state index in [1.807, 2.05) is 0 Å². The molecule has 29 heavy (non-hydrogen) atoms. The van der Waals surface area contributed by atoms with E-state index in [-0.39, 0.29) is 38.8 Å². The molecule has 12 nitrogen and oxygen atoms in total. The Morgan fingerprint density at radius 2 is 1.66 bits per heavy atom. The highest BCUT2D eigenvalue weighted by Gasteiger charge is 2.25. The van der Waals surface area contributed by atoms with Crippen LogP contribution in [0.15, 0.2) is 16.5 Å². The van der Waals surface area contributed by atoms with E-state index in [0.29, 0.717) is 0 Å². The molecule has 146 valence electrons. The molecular weight excluding hydrogens is 390 g/mol. The Morgan fingerprint density at radius 3 is 2.24 bits per heavy atom. The van der Waals surface area contributed by atoms with Crippen LogP contribution >= 0.6 is 0 Å². The number of carbonyl (C=O) groups is 4. The van der Waals surface area contributed by atoms with Crippen molar-refractivity contribution >= 4 is 56.8 Å². The number of aromatic amines is 1. The van der Waals surface area contributed by atoms with Gasteiger partial charge in [-0.15, -0.1) is 0 Å². The zero-order valence-electron chi connectivity index (χ0n) is 14.1. The van der Waals surface area contributed by atoms with Crippen LogP contribution in [0.5, 0.6) is 0 Å². The van der Waals surface area contributed by atoms with E-state index in [2.05, 4.69) is 15.0 Å². The monoisotopic (exact) mass is 399 g/mol. The Kier molecular flexibility index (Phi) is 3.72. The molecule has 0 aliphatic rings. The molecular formula is C17H9N3O9. The molecule has 0 atom stereocenters. The summed E-state index contributed by atoms with van der Waals surface area (Å²) in [6.45, 7) is 0. The molecule has 0 saturated carbocycles. The van der Waals surface area contributed by atoms with E-state index in [1.54, 1.807) is 0 Å². The number of hydrogen-bond acceptors (Lipinski definition) is 7. The molecule has 0 fully saturated rings. The molecule has 0 unspecified atom stereocenters. The fraction of sp³-hybridized carbons (Fsp3) is 0.0588. The number of aromatic nitrogens is 3. The summed E-state index contributed by atoms with van der Waals surface area (Å²) in [5.41, 5.74) is -1.54. The summed E-state index contributed by atoms with van der Waals surface area (Å²) in [6, 6.07) is 2.03. The third-order valence-electron chi connectivity index (χ3n) is 4.21. The topological polar surface area (TPSA) is 204 Å². The molecule has 0 saturated heterocycles. The van der Waals surface area contributed by atoms with E-state index in [4.69, 9.17) is 9.52 Å². The molecule has 4 rings (SSSR count). The molecule has 0 aliphatic carbocycles. The zero-order chi connectivity index (χ0) is 21.0. The van der Waals surface area contributed by atoms with Crippen molar-refractivity contribution in [1.82, 2.24) is 15.0 Å². The fourth-order valence-electron chi connectivity index (χ4n) is 3.10. The summed E-state index contributed by atoms with van der Waals surface area (Å²) in [5, 5.41) is 37.2. The van der Waals surface area contributed by atoms with Gasteiger partial charge in [0.1, 0.15) is 23.3 Å². The van der Waals surface area contributed by atoms with E-state index in [1.165, 1.54) is 0 Å². The highest BCUT2D eigenvalue weighted by atomic mass is 16.4. The number of carboxylic acids is 4. The predicted molar refractivity (Wildman–Crippen MR) is 93.4 cm³/mol. The molecule has 12 heteroatoms. The standard InChI is InChI=1S/C17H9N3O9/c21-9(22)3-8-20-13-12-10(4(15(23)24)1-6(19-12)16(25)26)11-5(14(13)29-8)2-7(18-11)17(27)28/h1-2,19H,3H2,(H,21,22)(H,23,24)(H,25,26)(H,27,28). The lowest BCUT2D eigenvalue weighted by Gasteiger charge is -2.07. The van der Waals surface area contributed by atoms with Gasteiger partial charge in [0.15, 0.2) is 5.58 Å². The van der Waals surface area contributed by atoms with Gasteiger partial charge in [0.05, 0.1) is 16.6 Å². The lowest BCUT2D eigenvalue weighted by Crippen LogP contribution is -2.07. The van der Waals surface area contributed by atoms with Crippen molar-refractivity contribution in [3.8, 4) is 0 Å². The second-order valence-electron chi connectivity index (χ2n) is 6.02. The van der Waals surface area contributed by atoms with Gasteiger partial charge < -0.3 is 29.8 Å². The van der Waals surface area contributed by atoms with Crippen LogP contribution in [0.2, 0.25) is 0 Å². The van der Waals surface area contributed by atoms with Crippen LogP contribution in [0.3, 0.4) is 0 Å². The summed E-state index contributed by atoms with van der Waals surface area (Å²) in [5.74, 6) is -5.77. The first kappa shape index (κ1) is 17.9. The quantitative estimate of drug-likeness (QED) is 0.326. The average Bonchev–Trinajstić information content (AvgIpc) is 3.24. The number of aliphatic carboxylic acids is 1. The predicted octanol–water partition coefficient (Wildman–Crippen LogP) is 1.58. The van der Waals surface area contributed by atoms with E-state index in [9.17, 15) is 34.5 Å². The highest BCUT2D eigenvalue weighted by molar-refractivity contribution is 6.26. The first-order valence-corrected chi connectivity index (χ1v) is 7.88. The Bertz CT molecular complexity index is 1400. The minimum atomic E-state index is -1.47. The molecule has 3 aromatic heterocycles. The van der Waals surface area contributed by atoms with Crippen molar-refractivity contribution in [2.45, 2.75) is 6.42 Å². The number of nitrogens with one attached hydrogen (secondary N) is 1. The number of pyridine rings is 1. The van der Waals surface area contributed by atoms with Crippen molar-refractivity contribution in [3.05, 3.63) is 35.0 Å². The second-order valence-corrected chi connectivity index (χ2v) is 6.02. The van der Waals surface area contributed by atoms with Crippen LogP contribution in [-0.4, -0.2) is 59.3 Å². The average molecular weight is 399 g/mol. The minimum Gasteiger partial charge on any atom is -0.481 e. The minimum absolute atomic E-state index is 0.0427. The molecule has 4 aromatic rings. The largest absolute Gasteiger partial charge is 0.481 e.